The molecular weight excluding hydrogens is 406 g/mol. The van der Waals surface area contributed by atoms with Gasteiger partial charge in [0.1, 0.15) is 0 Å². The van der Waals surface area contributed by atoms with E-state index >= 15 is 0 Å². The first-order valence-corrected chi connectivity index (χ1v) is 11.9. The van der Waals surface area contributed by atoms with Crippen molar-refractivity contribution in [3.8, 4) is 0 Å². The maximum Gasteiger partial charge on any atom is 0.277 e. The van der Waals surface area contributed by atoms with Gasteiger partial charge in [0.15, 0.2) is 0 Å². The van der Waals surface area contributed by atoms with E-state index in [0.29, 0.717) is 9.27 Å². The average Bonchev–Trinajstić information content (AvgIpc) is 2.66. The van der Waals surface area contributed by atoms with Crippen LogP contribution in [0.1, 0.15) is 22.3 Å². The third kappa shape index (κ3) is 3.93. The van der Waals surface area contributed by atoms with Crippen LogP contribution in [0.4, 0.5) is 5.69 Å². The summed E-state index contributed by atoms with van der Waals surface area (Å²) < 4.78 is 54.7. The highest BCUT2D eigenvalue weighted by Gasteiger charge is 2.37. The molecule has 29 heavy (non-hydrogen) atoms. The molecule has 0 aromatic heterocycles. The third-order valence-corrected chi connectivity index (χ3v) is 9.03. The van der Waals surface area contributed by atoms with Crippen molar-refractivity contribution in [2.75, 3.05) is 3.71 Å². The van der Waals surface area contributed by atoms with Crippen LogP contribution < -0.4 is 3.71 Å². The topological polar surface area (TPSA) is 71.5 Å². The Labute approximate surface area is 172 Å². The highest BCUT2D eigenvalue weighted by Crippen LogP contribution is 2.34. The summed E-state index contributed by atoms with van der Waals surface area (Å²) in [6, 6.07) is 17.3. The van der Waals surface area contributed by atoms with Crippen molar-refractivity contribution in [1.29, 1.82) is 0 Å². The molecule has 0 amide bonds. The van der Waals surface area contributed by atoms with E-state index in [4.69, 9.17) is 0 Å². The van der Waals surface area contributed by atoms with Crippen molar-refractivity contribution in [2.45, 2.75) is 37.5 Å². The number of nitrogens with zero attached hydrogens (tertiary/aromatic N) is 1. The van der Waals surface area contributed by atoms with E-state index in [1.165, 1.54) is 30.3 Å². The lowest BCUT2D eigenvalue weighted by atomic mass is 10.1. The molecule has 0 bridgehead atoms. The van der Waals surface area contributed by atoms with Crippen molar-refractivity contribution >= 4 is 25.7 Å². The van der Waals surface area contributed by atoms with Gasteiger partial charge in [0.05, 0.1) is 15.5 Å². The predicted octanol–water partition coefficient (Wildman–Crippen LogP) is 4.50. The van der Waals surface area contributed by atoms with Gasteiger partial charge in [-0.25, -0.2) is 16.8 Å². The molecule has 152 valence electrons. The summed E-state index contributed by atoms with van der Waals surface area (Å²) in [5.74, 6) is 0. The lowest BCUT2D eigenvalue weighted by Gasteiger charge is -2.26. The summed E-state index contributed by atoms with van der Waals surface area (Å²) in [5, 5.41) is 0. The monoisotopic (exact) mass is 429 g/mol. The number of benzene rings is 3. The van der Waals surface area contributed by atoms with Gasteiger partial charge < -0.3 is 0 Å². The van der Waals surface area contributed by atoms with Crippen molar-refractivity contribution < 1.29 is 16.8 Å². The minimum Gasteiger partial charge on any atom is -0.200 e. The van der Waals surface area contributed by atoms with Crippen molar-refractivity contribution in [2.24, 2.45) is 0 Å². The molecule has 7 heteroatoms. The lowest BCUT2D eigenvalue weighted by molar-refractivity contribution is 0.584. The minimum atomic E-state index is -4.38. The van der Waals surface area contributed by atoms with Crippen LogP contribution in [0.25, 0.3) is 0 Å². The Balaban J connectivity index is 2.32. The highest BCUT2D eigenvalue weighted by atomic mass is 32.3. The van der Waals surface area contributed by atoms with E-state index in [1.54, 1.807) is 37.3 Å². The maximum absolute atomic E-state index is 13.5. The van der Waals surface area contributed by atoms with E-state index in [0.717, 1.165) is 16.7 Å². The van der Waals surface area contributed by atoms with Crippen molar-refractivity contribution in [1.82, 2.24) is 0 Å². The Kier molecular flexibility index (Phi) is 5.56. The van der Waals surface area contributed by atoms with Gasteiger partial charge in [0.2, 0.25) is 0 Å². The van der Waals surface area contributed by atoms with Crippen LogP contribution in [-0.4, -0.2) is 16.8 Å². The molecule has 0 fully saturated rings. The van der Waals surface area contributed by atoms with Crippen LogP contribution in [0.2, 0.25) is 0 Å². The zero-order chi connectivity index (χ0) is 21.4. The van der Waals surface area contributed by atoms with E-state index in [2.05, 4.69) is 0 Å². The lowest BCUT2D eigenvalue weighted by Crippen LogP contribution is -2.37. The van der Waals surface area contributed by atoms with Gasteiger partial charge in [0.25, 0.3) is 20.0 Å². The first-order chi connectivity index (χ1) is 13.5. The normalized spacial score (nSPS) is 12.0. The summed E-state index contributed by atoms with van der Waals surface area (Å²) >= 11 is 0. The number of hydrogen-bond donors (Lipinski definition) is 0. The maximum atomic E-state index is 13.5. The molecule has 0 heterocycles. The molecule has 3 aromatic rings. The molecule has 0 aliphatic heterocycles. The van der Waals surface area contributed by atoms with Crippen LogP contribution in [-0.2, 0) is 20.0 Å². The first-order valence-electron chi connectivity index (χ1n) is 9.05. The Hall–Kier alpha value is -2.64. The molecule has 0 radical (unpaired) electrons. The summed E-state index contributed by atoms with van der Waals surface area (Å²) in [4.78, 5) is -0.167. The standard InChI is InChI=1S/C22H23NO4S2/c1-16-8-12-20(13-9-16)28(24,25)23(22-7-5-6-18(3)19(22)4)29(26,27)21-14-10-17(2)11-15-21/h5-15H,1-4H3. The number of rotatable bonds is 5. The molecule has 0 aliphatic rings. The van der Waals surface area contributed by atoms with Crippen LogP contribution in [0.15, 0.2) is 76.5 Å². The van der Waals surface area contributed by atoms with E-state index in [1.807, 2.05) is 26.8 Å². The first kappa shape index (κ1) is 21.1. The van der Waals surface area contributed by atoms with Gasteiger partial charge >= 0.3 is 0 Å². The molecule has 0 N–H and O–H groups in total. The van der Waals surface area contributed by atoms with E-state index in [-0.39, 0.29) is 15.5 Å². The number of sulfonamides is 2. The second kappa shape index (κ2) is 7.65. The van der Waals surface area contributed by atoms with Gasteiger partial charge in [-0.2, -0.15) is 3.71 Å². The Morgan fingerprint density at radius 1 is 0.586 bits per heavy atom. The molecule has 0 aliphatic carbocycles. The average molecular weight is 430 g/mol. The second-order valence-corrected chi connectivity index (χ2v) is 10.9. The summed E-state index contributed by atoms with van der Waals surface area (Å²) in [6.07, 6.45) is 0. The van der Waals surface area contributed by atoms with Crippen molar-refractivity contribution in [3.05, 3.63) is 89.0 Å². The second-order valence-electron chi connectivity index (χ2n) is 7.05. The summed E-state index contributed by atoms with van der Waals surface area (Å²) in [6.45, 7) is 7.20. The van der Waals surface area contributed by atoms with Crippen molar-refractivity contribution in [3.63, 3.8) is 0 Å². The molecule has 5 nitrogen and oxygen atoms in total. The molecule has 0 saturated carbocycles. The number of anilines is 1. The van der Waals surface area contributed by atoms with Gasteiger partial charge in [-0.05, 0) is 69.2 Å². The predicted molar refractivity (Wildman–Crippen MR) is 115 cm³/mol. The van der Waals surface area contributed by atoms with E-state index in [9.17, 15) is 16.8 Å². The molecular formula is C22H23NO4S2. The molecule has 0 atom stereocenters. The zero-order valence-electron chi connectivity index (χ0n) is 16.7. The third-order valence-electron chi connectivity index (χ3n) is 4.85. The highest BCUT2D eigenvalue weighted by molar-refractivity contribution is 8.10. The van der Waals surface area contributed by atoms with Crippen LogP contribution in [0.5, 0.6) is 0 Å². The van der Waals surface area contributed by atoms with Gasteiger partial charge in [-0.15, -0.1) is 0 Å². The molecule has 0 unspecified atom stereocenters. The zero-order valence-corrected chi connectivity index (χ0v) is 18.4. The fourth-order valence-electron chi connectivity index (χ4n) is 2.93. The molecule has 3 rings (SSSR count). The minimum absolute atomic E-state index is 0.0836. The SMILES string of the molecule is Cc1ccc(S(=O)(=O)N(c2cccc(C)c2C)S(=O)(=O)c2ccc(C)cc2)cc1. The Morgan fingerprint density at radius 2 is 1.00 bits per heavy atom. The van der Waals surface area contributed by atoms with Gasteiger partial charge in [0, 0.05) is 0 Å². The van der Waals surface area contributed by atoms with E-state index < -0.39 is 20.0 Å². The largest absolute Gasteiger partial charge is 0.277 e. The summed E-state index contributed by atoms with van der Waals surface area (Å²) in [5.41, 5.74) is 3.25. The number of hydrogen-bond acceptors (Lipinski definition) is 4. The molecule has 0 spiro atoms. The molecule has 0 saturated heterocycles. The molecule has 3 aromatic carbocycles. The van der Waals surface area contributed by atoms with Gasteiger partial charge in [-0.1, -0.05) is 47.5 Å². The van der Waals surface area contributed by atoms with Crippen LogP contribution in [0.3, 0.4) is 0 Å². The quantitative estimate of drug-likeness (QED) is 0.598. The van der Waals surface area contributed by atoms with Crippen LogP contribution in [0, 0.1) is 27.7 Å². The fourth-order valence-corrected chi connectivity index (χ4v) is 6.74. The number of aryl methyl sites for hydroxylation is 3. The summed E-state index contributed by atoms with van der Waals surface area (Å²) in [7, 11) is -8.76. The fraction of sp³-hybridized carbons (Fsp3) is 0.182. The van der Waals surface area contributed by atoms with Crippen LogP contribution >= 0.6 is 0 Å². The Bertz CT molecular complexity index is 1170. The smallest absolute Gasteiger partial charge is 0.200 e. The Morgan fingerprint density at radius 3 is 1.41 bits per heavy atom. The van der Waals surface area contributed by atoms with Gasteiger partial charge in [-0.3, -0.25) is 0 Å².